The number of aliphatic hydroxyl groups is 1. The van der Waals surface area contributed by atoms with E-state index in [0.717, 1.165) is 37.1 Å². The van der Waals surface area contributed by atoms with Crippen LogP contribution in [0.2, 0.25) is 5.02 Å². The number of hydrogen-bond acceptors (Lipinski definition) is 3. The number of rotatable bonds is 3. The molecule has 0 spiro atoms. The molecule has 2 aromatic rings. The van der Waals surface area contributed by atoms with Gasteiger partial charge in [0, 0.05) is 13.1 Å². The predicted octanol–water partition coefficient (Wildman–Crippen LogP) is 6.23. The minimum atomic E-state index is -1.16. The number of benzene rings is 2. The van der Waals surface area contributed by atoms with Crippen LogP contribution < -0.4 is 0 Å². The van der Waals surface area contributed by atoms with Crippen LogP contribution in [0.4, 0.5) is 4.39 Å². The van der Waals surface area contributed by atoms with E-state index in [0.29, 0.717) is 22.9 Å². The monoisotopic (exact) mass is 474 g/mol. The molecule has 1 aliphatic heterocycles. The largest absolute Gasteiger partial charge is 0.380 e. The van der Waals surface area contributed by atoms with Crippen molar-refractivity contribution in [3.05, 3.63) is 69.5 Å². The molecule has 0 saturated carbocycles. The molecule has 2 atom stereocenters. The molecule has 3 rings (SSSR count). The van der Waals surface area contributed by atoms with E-state index < -0.39 is 5.60 Å². The Kier molecular flexibility index (Phi) is 11.6. The fourth-order valence-electron chi connectivity index (χ4n) is 3.34. The maximum Gasteiger partial charge on any atom is 0.254 e. The maximum atomic E-state index is 12.5. The van der Waals surface area contributed by atoms with Crippen LogP contribution in [0.3, 0.4) is 0 Å². The zero-order valence-electron chi connectivity index (χ0n) is 20.6. The summed E-state index contributed by atoms with van der Waals surface area (Å²) >= 11 is 5.71. The minimum absolute atomic E-state index is 0.112. The van der Waals surface area contributed by atoms with Crippen molar-refractivity contribution in [1.82, 2.24) is 4.90 Å². The van der Waals surface area contributed by atoms with Crippen molar-refractivity contribution in [3.8, 4) is 6.07 Å². The zero-order chi connectivity index (χ0) is 25.2. The Morgan fingerprint density at radius 3 is 2.39 bits per heavy atom. The quantitative estimate of drug-likeness (QED) is 0.573. The molecule has 0 aliphatic carbocycles. The summed E-state index contributed by atoms with van der Waals surface area (Å²) in [5.41, 5.74) is 2.71. The second-order valence-corrected chi connectivity index (χ2v) is 9.20. The van der Waals surface area contributed by atoms with Gasteiger partial charge >= 0.3 is 0 Å². The van der Waals surface area contributed by atoms with E-state index in [2.05, 4.69) is 6.92 Å². The van der Waals surface area contributed by atoms with Gasteiger partial charge in [-0.25, -0.2) is 4.39 Å². The number of likely N-dealkylation sites (tertiary alicyclic amines) is 1. The molecule has 0 bridgehead atoms. The van der Waals surface area contributed by atoms with E-state index in [-0.39, 0.29) is 11.7 Å². The Morgan fingerprint density at radius 2 is 1.94 bits per heavy atom. The van der Waals surface area contributed by atoms with Gasteiger partial charge in [0.25, 0.3) is 5.91 Å². The average molecular weight is 475 g/mol. The van der Waals surface area contributed by atoms with Gasteiger partial charge in [-0.05, 0) is 86.9 Å². The molecule has 2 aromatic carbocycles. The number of nitrogens with zero attached hydrogens (tertiary/aromatic N) is 2. The predicted molar refractivity (Wildman–Crippen MR) is 133 cm³/mol. The molecule has 6 heteroatoms. The lowest BCUT2D eigenvalue weighted by Gasteiger charge is -2.26. The van der Waals surface area contributed by atoms with Crippen molar-refractivity contribution in [2.24, 2.45) is 5.92 Å². The van der Waals surface area contributed by atoms with E-state index in [4.69, 9.17) is 16.9 Å². The molecule has 0 radical (unpaired) electrons. The number of hydrogen-bond donors (Lipinski definition) is 1. The molecular formula is C27H36ClFN2O2. The van der Waals surface area contributed by atoms with E-state index in [9.17, 15) is 14.3 Å². The normalized spacial score (nSPS) is 16.5. The third kappa shape index (κ3) is 9.15. The highest BCUT2D eigenvalue weighted by atomic mass is 35.5. The second kappa shape index (κ2) is 13.3. The molecule has 0 aromatic heterocycles. The van der Waals surface area contributed by atoms with E-state index in [1.54, 1.807) is 30.0 Å². The van der Waals surface area contributed by atoms with Gasteiger partial charge in [0.1, 0.15) is 17.5 Å². The summed E-state index contributed by atoms with van der Waals surface area (Å²) in [6, 6.07) is 12.3. The fourth-order valence-corrected chi connectivity index (χ4v) is 3.62. The Labute approximate surface area is 203 Å². The lowest BCUT2D eigenvalue weighted by molar-refractivity contribution is -0.148. The van der Waals surface area contributed by atoms with E-state index in [1.807, 2.05) is 45.9 Å². The van der Waals surface area contributed by atoms with Crippen LogP contribution in [0.5, 0.6) is 0 Å². The number of amides is 1. The van der Waals surface area contributed by atoms with Gasteiger partial charge in [0.05, 0.1) is 10.6 Å². The highest BCUT2D eigenvalue weighted by molar-refractivity contribution is 6.31. The number of carbonyl (C=O) groups excluding carboxylic acids is 1. The van der Waals surface area contributed by atoms with Crippen molar-refractivity contribution >= 4 is 17.5 Å². The molecule has 1 N–H and O–H groups in total. The minimum Gasteiger partial charge on any atom is -0.380 e. The first kappa shape index (κ1) is 28.6. The first-order valence-electron chi connectivity index (χ1n) is 11.4. The maximum absolute atomic E-state index is 12.5. The fraction of sp³-hybridized carbons (Fsp3) is 0.481. The van der Waals surface area contributed by atoms with Crippen LogP contribution >= 0.6 is 11.6 Å². The molecule has 180 valence electrons. The van der Waals surface area contributed by atoms with Gasteiger partial charge in [-0.15, -0.1) is 0 Å². The smallest absolute Gasteiger partial charge is 0.254 e. The summed E-state index contributed by atoms with van der Waals surface area (Å²) < 4.78 is 12.5. The van der Waals surface area contributed by atoms with Crippen molar-refractivity contribution in [1.29, 1.82) is 5.26 Å². The van der Waals surface area contributed by atoms with Crippen LogP contribution in [-0.2, 0) is 11.2 Å². The average Bonchev–Trinajstić information content (AvgIpc) is 3.22. The molecular weight excluding hydrogens is 439 g/mol. The van der Waals surface area contributed by atoms with Crippen LogP contribution in [-0.4, -0.2) is 34.6 Å². The highest BCUT2D eigenvalue weighted by Crippen LogP contribution is 2.21. The topological polar surface area (TPSA) is 64.3 Å². The highest BCUT2D eigenvalue weighted by Gasteiger charge is 2.35. The summed E-state index contributed by atoms with van der Waals surface area (Å²) in [4.78, 5) is 13.5. The Morgan fingerprint density at radius 1 is 1.27 bits per heavy atom. The number of halogens is 2. The van der Waals surface area contributed by atoms with Crippen molar-refractivity contribution in [2.75, 3.05) is 13.1 Å². The van der Waals surface area contributed by atoms with Crippen LogP contribution in [0.1, 0.15) is 62.8 Å². The molecule has 1 saturated heterocycles. The third-order valence-corrected chi connectivity index (χ3v) is 6.11. The van der Waals surface area contributed by atoms with Crippen LogP contribution in [0.25, 0.3) is 0 Å². The van der Waals surface area contributed by atoms with Gasteiger partial charge in [-0.1, -0.05) is 44.5 Å². The first-order valence-corrected chi connectivity index (χ1v) is 11.8. The van der Waals surface area contributed by atoms with E-state index in [1.165, 1.54) is 11.6 Å². The van der Waals surface area contributed by atoms with Gasteiger partial charge in [-0.2, -0.15) is 5.26 Å². The summed E-state index contributed by atoms with van der Waals surface area (Å²) in [5.74, 6) is 0.332. The molecule has 1 fully saturated rings. The summed E-state index contributed by atoms with van der Waals surface area (Å²) in [7, 11) is 0. The summed E-state index contributed by atoms with van der Waals surface area (Å²) in [6.07, 6.45) is 2.45. The van der Waals surface area contributed by atoms with Crippen molar-refractivity contribution < 1.29 is 14.3 Å². The van der Waals surface area contributed by atoms with Crippen molar-refractivity contribution in [3.63, 3.8) is 0 Å². The lowest BCUT2D eigenvalue weighted by Crippen LogP contribution is -2.45. The zero-order valence-corrected chi connectivity index (χ0v) is 21.3. The molecule has 1 heterocycles. The molecule has 4 nitrogen and oxygen atoms in total. The van der Waals surface area contributed by atoms with Gasteiger partial charge in [-0.3, -0.25) is 4.79 Å². The van der Waals surface area contributed by atoms with Gasteiger partial charge in [0.2, 0.25) is 0 Å². The van der Waals surface area contributed by atoms with Gasteiger partial charge < -0.3 is 10.0 Å². The first-order chi connectivity index (χ1) is 15.4. The number of carbonyl (C=O) groups is 1. The lowest BCUT2D eigenvalue weighted by atomic mass is 10.0. The second-order valence-electron chi connectivity index (χ2n) is 8.79. The molecule has 1 aliphatic rings. The molecule has 33 heavy (non-hydrogen) atoms. The van der Waals surface area contributed by atoms with Crippen LogP contribution in [0, 0.1) is 36.9 Å². The van der Waals surface area contributed by atoms with Gasteiger partial charge in [0.15, 0.2) is 0 Å². The number of nitriles is 1. The SMILES string of the molecule is CCC(C)(O)C(=O)N1CCC(C)C1.CCc1cc(F)ccc1C.Cc1ccc(C#N)c(Cl)c1. The molecule has 1 amide bonds. The summed E-state index contributed by atoms with van der Waals surface area (Å²) in [5, 5.41) is 18.8. The number of aryl methyl sites for hydroxylation is 3. The Hall–Kier alpha value is -2.42. The third-order valence-electron chi connectivity index (χ3n) is 5.80. The van der Waals surface area contributed by atoms with Crippen molar-refractivity contribution in [2.45, 2.75) is 66.4 Å². The molecule has 2 unspecified atom stereocenters. The Bertz CT molecular complexity index is 960. The van der Waals surface area contributed by atoms with Crippen LogP contribution in [0.15, 0.2) is 36.4 Å². The Balaban J connectivity index is 0.000000251. The summed E-state index contributed by atoms with van der Waals surface area (Å²) in [6.45, 7) is 13.1. The standard InChI is InChI=1S/C10H19NO2.C9H11F.C8H6ClN/c1-4-10(3,13)9(12)11-6-5-8(2)7-11;1-3-8-6-9(10)5-4-7(8)2;1-6-2-3-7(5-10)8(9)4-6/h8,13H,4-7H2,1-3H3;4-6H,3H2,1-2H3;2-4H,1H3. The van der Waals surface area contributed by atoms with E-state index >= 15 is 0 Å².